The van der Waals surface area contributed by atoms with Gasteiger partial charge in [-0.25, -0.2) is 0 Å². The summed E-state index contributed by atoms with van der Waals surface area (Å²) < 4.78 is 0. The monoisotopic (exact) mass is 294 g/mol. The Bertz CT molecular complexity index is 643. The molecule has 0 bridgehead atoms. The van der Waals surface area contributed by atoms with Gasteiger partial charge < -0.3 is 10.6 Å². The standard InChI is InChI=1S/C18H18N2O2/c1-13(21)20-16-12-19-17(22)18(16,14-8-4-2-5-9-14)15-10-6-3-7-11-15/h2-11,16H,12H2,1H3,(H,19,22)(H,20,21). The minimum atomic E-state index is -0.895. The molecule has 1 unspecified atom stereocenters. The summed E-state index contributed by atoms with van der Waals surface area (Å²) in [5.41, 5.74) is 0.874. The first-order valence-corrected chi connectivity index (χ1v) is 7.32. The predicted octanol–water partition coefficient (Wildman–Crippen LogP) is 1.61. The Morgan fingerprint density at radius 3 is 2.00 bits per heavy atom. The molecule has 1 heterocycles. The molecule has 0 aliphatic carbocycles. The Hall–Kier alpha value is -2.62. The first-order chi connectivity index (χ1) is 10.7. The molecule has 1 saturated heterocycles. The lowest BCUT2D eigenvalue weighted by atomic mass is 9.70. The van der Waals surface area contributed by atoms with E-state index in [4.69, 9.17) is 0 Å². The van der Waals surface area contributed by atoms with Crippen molar-refractivity contribution in [3.63, 3.8) is 0 Å². The van der Waals surface area contributed by atoms with Crippen LogP contribution in [0.5, 0.6) is 0 Å². The van der Waals surface area contributed by atoms with E-state index in [1.54, 1.807) is 0 Å². The molecule has 2 aromatic rings. The minimum absolute atomic E-state index is 0.0800. The summed E-state index contributed by atoms with van der Waals surface area (Å²) in [5, 5.41) is 5.85. The van der Waals surface area contributed by atoms with Gasteiger partial charge in [-0.15, -0.1) is 0 Å². The lowest BCUT2D eigenvalue weighted by Gasteiger charge is -2.34. The number of rotatable bonds is 3. The largest absolute Gasteiger partial charge is 0.353 e. The number of amides is 2. The van der Waals surface area contributed by atoms with Crippen LogP contribution in [-0.2, 0) is 15.0 Å². The molecular formula is C18H18N2O2. The van der Waals surface area contributed by atoms with Crippen molar-refractivity contribution in [3.05, 3.63) is 71.8 Å². The van der Waals surface area contributed by atoms with E-state index in [2.05, 4.69) is 10.6 Å². The molecule has 22 heavy (non-hydrogen) atoms. The molecule has 4 nitrogen and oxygen atoms in total. The second kappa shape index (κ2) is 5.64. The molecule has 0 aromatic heterocycles. The van der Waals surface area contributed by atoms with Gasteiger partial charge in [0.15, 0.2) is 0 Å². The van der Waals surface area contributed by atoms with E-state index < -0.39 is 5.41 Å². The van der Waals surface area contributed by atoms with Gasteiger partial charge >= 0.3 is 0 Å². The van der Waals surface area contributed by atoms with Gasteiger partial charge in [0.2, 0.25) is 11.8 Å². The minimum Gasteiger partial charge on any atom is -0.353 e. The highest BCUT2D eigenvalue weighted by Gasteiger charge is 2.53. The van der Waals surface area contributed by atoms with Crippen LogP contribution >= 0.6 is 0 Å². The van der Waals surface area contributed by atoms with Gasteiger partial charge in [0, 0.05) is 13.5 Å². The summed E-state index contributed by atoms with van der Waals surface area (Å²) in [6.45, 7) is 1.89. The van der Waals surface area contributed by atoms with Crippen LogP contribution in [0.25, 0.3) is 0 Å². The number of carbonyl (C=O) groups excluding carboxylic acids is 2. The lowest BCUT2D eigenvalue weighted by Crippen LogP contribution is -2.51. The highest BCUT2D eigenvalue weighted by Crippen LogP contribution is 2.38. The molecule has 2 amide bonds. The highest BCUT2D eigenvalue weighted by molar-refractivity contribution is 5.96. The van der Waals surface area contributed by atoms with Crippen LogP contribution in [0.15, 0.2) is 60.7 Å². The van der Waals surface area contributed by atoms with Crippen molar-refractivity contribution >= 4 is 11.8 Å². The quantitative estimate of drug-likeness (QED) is 0.903. The Morgan fingerprint density at radius 2 is 1.55 bits per heavy atom. The number of hydrogen-bond acceptors (Lipinski definition) is 2. The maximum atomic E-state index is 12.8. The first kappa shape index (κ1) is 14.3. The fraction of sp³-hybridized carbons (Fsp3) is 0.222. The molecule has 1 atom stereocenters. The molecule has 2 aromatic carbocycles. The average Bonchev–Trinajstić information content (AvgIpc) is 2.86. The maximum Gasteiger partial charge on any atom is 0.237 e. The average molecular weight is 294 g/mol. The zero-order chi connectivity index (χ0) is 15.6. The molecule has 3 rings (SSSR count). The maximum absolute atomic E-state index is 12.8. The second-order valence-corrected chi connectivity index (χ2v) is 5.50. The molecule has 1 aliphatic rings. The van der Waals surface area contributed by atoms with Crippen molar-refractivity contribution in [2.75, 3.05) is 6.54 Å². The van der Waals surface area contributed by atoms with Crippen LogP contribution in [0.2, 0.25) is 0 Å². The molecule has 1 fully saturated rings. The molecule has 112 valence electrons. The number of benzene rings is 2. The summed E-state index contributed by atoms with van der Waals surface area (Å²) in [4.78, 5) is 24.4. The molecule has 0 radical (unpaired) electrons. The van der Waals surface area contributed by atoms with Crippen molar-refractivity contribution in [2.45, 2.75) is 18.4 Å². The summed E-state index contributed by atoms with van der Waals surface area (Å²) >= 11 is 0. The number of nitrogens with one attached hydrogen (secondary N) is 2. The third kappa shape index (κ3) is 2.17. The lowest BCUT2D eigenvalue weighted by molar-refractivity contribution is -0.123. The van der Waals surface area contributed by atoms with E-state index in [-0.39, 0.29) is 17.9 Å². The molecule has 1 aliphatic heterocycles. The van der Waals surface area contributed by atoms with Crippen molar-refractivity contribution in [3.8, 4) is 0 Å². The van der Waals surface area contributed by atoms with E-state index in [1.165, 1.54) is 6.92 Å². The summed E-state index contributed by atoms with van der Waals surface area (Å²) in [7, 11) is 0. The summed E-state index contributed by atoms with van der Waals surface area (Å²) in [6.07, 6.45) is 0. The van der Waals surface area contributed by atoms with Gasteiger partial charge in [0.1, 0.15) is 5.41 Å². The van der Waals surface area contributed by atoms with E-state index in [0.717, 1.165) is 11.1 Å². The van der Waals surface area contributed by atoms with Crippen molar-refractivity contribution in [1.29, 1.82) is 0 Å². The van der Waals surface area contributed by atoms with E-state index >= 15 is 0 Å². The molecular weight excluding hydrogens is 276 g/mol. The zero-order valence-corrected chi connectivity index (χ0v) is 12.4. The Balaban J connectivity index is 2.22. The smallest absolute Gasteiger partial charge is 0.237 e. The van der Waals surface area contributed by atoms with Crippen LogP contribution in [0.1, 0.15) is 18.1 Å². The zero-order valence-electron chi connectivity index (χ0n) is 12.4. The van der Waals surface area contributed by atoms with Gasteiger partial charge in [-0.3, -0.25) is 9.59 Å². The van der Waals surface area contributed by atoms with Crippen molar-refractivity contribution in [1.82, 2.24) is 10.6 Å². The Labute approximate surface area is 129 Å². The summed E-state index contributed by atoms with van der Waals surface area (Å²) in [5.74, 6) is -0.221. The van der Waals surface area contributed by atoms with Crippen LogP contribution in [0, 0.1) is 0 Å². The van der Waals surface area contributed by atoms with E-state index in [0.29, 0.717) is 6.54 Å². The normalized spacial score (nSPS) is 19.5. The molecule has 0 spiro atoms. The van der Waals surface area contributed by atoms with Gasteiger partial charge in [0.05, 0.1) is 6.04 Å². The Kier molecular flexibility index (Phi) is 3.67. The topological polar surface area (TPSA) is 58.2 Å². The third-order valence-corrected chi connectivity index (χ3v) is 4.18. The highest BCUT2D eigenvalue weighted by atomic mass is 16.2. The van der Waals surface area contributed by atoms with Gasteiger partial charge in [-0.1, -0.05) is 60.7 Å². The fourth-order valence-corrected chi connectivity index (χ4v) is 3.28. The Morgan fingerprint density at radius 1 is 1.05 bits per heavy atom. The molecule has 2 N–H and O–H groups in total. The van der Waals surface area contributed by atoms with E-state index in [9.17, 15) is 9.59 Å². The van der Waals surface area contributed by atoms with Crippen LogP contribution in [-0.4, -0.2) is 24.4 Å². The molecule has 0 saturated carbocycles. The second-order valence-electron chi connectivity index (χ2n) is 5.50. The fourth-order valence-electron chi connectivity index (χ4n) is 3.28. The SMILES string of the molecule is CC(=O)NC1CNC(=O)C1(c1ccccc1)c1ccccc1. The third-order valence-electron chi connectivity index (χ3n) is 4.18. The van der Waals surface area contributed by atoms with Crippen LogP contribution in [0.3, 0.4) is 0 Å². The molecule has 4 heteroatoms. The number of carbonyl (C=O) groups is 2. The first-order valence-electron chi connectivity index (χ1n) is 7.32. The predicted molar refractivity (Wildman–Crippen MR) is 84.3 cm³/mol. The summed E-state index contributed by atoms with van der Waals surface area (Å²) in [6, 6.07) is 18.9. The van der Waals surface area contributed by atoms with Crippen LogP contribution < -0.4 is 10.6 Å². The van der Waals surface area contributed by atoms with Crippen molar-refractivity contribution in [2.24, 2.45) is 0 Å². The van der Waals surface area contributed by atoms with Gasteiger partial charge in [-0.05, 0) is 11.1 Å². The number of hydrogen-bond donors (Lipinski definition) is 2. The van der Waals surface area contributed by atoms with Crippen LogP contribution in [0.4, 0.5) is 0 Å². The van der Waals surface area contributed by atoms with Gasteiger partial charge in [-0.2, -0.15) is 0 Å². The van der Waals surface area contributed by atoms with Gasteiger partial charge in [0.25, 0.3) is 0 Å². The van der Waals surface area contributed by atoms with E-state index in [1.807, 2.05) is 60.7 Å². The van der Waals surface area contributed by atoms with Crippen molar-refractivity contribution < 1.29 is 9.59 Å².